The number of ether oxygens (including phenoxy) is 2. The fraction of sp³-hybridized carbons (Fsp3) is 0.286. The molecule has 196 valence electrons. The molecule has 5 rings (SSSR count). The molecule has 2 heterocycles. The molecule has 1 aliphatic heterocycles. The number of halogens is 1. The average molecular weight is 518 g/mol. The number of para-hydroxylation sites is 1. The molecule has 0 bridgehead atoms. The van der Waals surface area contributed by atoms with Crippen LogP contribution in [0.4, 0.5) is 4.39 Å². The largest absolute Gasteiger partial charge is 0.454 e. The van der Waals surface area contributed by atoms with Gasteiger partial charge >= 0.3 is 0 Å². The van der Waals surface area contributed by atoms with Gasteiger partial charge in [-0.05, 0) is 56.7 Å². The summed E-state index contributed by atoms with van der Waals surface area (Å²) in [6, 6.07) is 17.3. The predicted molar refractivity (Wildman–Crippen MR) is 138 cm³/mol. The summed E-state index contributed by atoms with van der Waals surface area (Å²) in [5, 5.41) is 11.2. The van der Waals surface area contributed by atoms with E-state index >= 15 is 4.39 Å². The maximum Gasteiger partial charge on any atom is 0.247 e. The summed E-state index contributed by atoms with van der Waals surface area (Å²) in [6.45, 7) is 5.41. The summed E-state index contributed by atoms with van der Waals surface area (Å²) < 4.78 is 27.6. The number of carbonyl (C=O) groups excluding carboxylic acids is 2. The lowest BCUT2D eigenvalue weighted by molar-refractivity contribution is -0.143. The Hall–Kier alpha value is -4.47. The van der Waals surface area contributed by atoms with E-state index in [1.807, 2.05) is 39.0 Å². The highest BCUT2D eigenvalue weighted by molar-refractivity contribution is 5.89. The monoisotopic (exact) mass is 517 g/mol. The van der Waals surface area contributed by atoms with Crippen molar-refractivity contribution in [2.45, 2.75) is 45.4 Å². The molecule has 0 spiro atoms. The van der Waals surface area contributed by atoms with Gasteiger partial charge in [-0.15, -0.1) is 5.10 Å². The maximum absolute atomic E-state index is 15.2. The van der Waals surface area contributed by atoms with Crippen molar-refractivity contribution in [1.82, 2.24) is 25.2 Å². The van der Waals surface area contributed by atoms with E-state index in [4.69, 9.17) is 9.47 Å². The first-order valence-corrected chi connectivity index (χ1v) is 12.2. The van der Waals surface area contributed by atoms with Crippen LogP contribution in [0.2, 0.25) is 0 Å². The Morgan fingerprint density at radius 3 is 2.58 bits per heavy atom. The van der Waals surface area contributed by atoms with Crippen molar-refractivity contribution >= 4 is 22.8 Å². The van der Waals surface area contributed by atoms with Crippen LogP contribution in [-0.4, -0.2) is 44.0 Å². The third-order valence-electron chi connectivity index (χ3n) is 6.07. The highest BCUT2D eigenvalue weighted by Gasteiger charge is 2.35. The van der Waals surface area contributed by atoms with Gasteiger partial charge in [-0.3, -0.25) is 9.59 Å². The number of fused-ring (bicyclic) bond motifs is 2. The molecule has 4 aromatic rings. The number of carbonyl (C=O) groups is 2. The molecule has 38 heavy (non-hydrogen) atoms. The van der Waals surface area contributed by atoms with Crippen LogP contribution in [0.15, 0.2) is 66.7 Å². The second kappa shape index (κ2) is 10.1. The van der Waals surface area contributed by atoms with Gasteiger partial charge < -0.3 is 19.7 Å². The normalized spacial score (nSPS) is 13.4. The number of hydrogen-bond donors (Lipinski definition) is 1. The number of benzene rings is 3. The molecule has 1 aromatic heterocycles. The molecule has 0 saturated heterocycles. The molecule has 10 heteroatoms. The smallest absolute Gasteiger partial charge is 0.247 e. The van der Waals surface area contributed by atoms with E-state index in [1.54, 1.807) is 36.4 Å². The first-order chi connectivity index (χ1) is 18.2. The van der Waals surface area contributed by atoms with Crippen molar-refractivity contribution in [3.05, 3.63) is 83.7 Å². The fourth-order valence-corrected chi connectivity index (χ4v) is 4.40. The molecule has 3 aromatic carbocycles. The van der Waals surface area contributed by atoms with Gasteiger partial charge in [0.15, 0.2) is 11.5 Å². The standard InChI is InChI=1S/C28H28FN5O4/c1-28(2,3)30-27(36)26(19-8-4-5-9-20(19)29)33(15-18-12-13-23-24(14-18)38-17-37-23)25(35)16-34-22-11-7-6-10-21(22)31-32-34/h4-14,26H,15-17H2,1-3H3,(H,30,36)/t26-/m0/s1. The Morgan fingerprint density at radius 1 is 1.05 bits per heavy atom. The van der Waals surface area contributed by atoms with Crippen LogP contribution in [0.3, 0.4) is 0 Å². The maximum atomic E-state index is 15.2. The van der Waals surface area contributed by atoms with Gasteiger partial charge in [0.2, 0.25) is 18.6 Å². The Balaban J connectivity index is 1.57. The van der Waals surface area contributed by atoms with Gasteiger partial charge in [0.05, 0.1) is 5.52 Å². The summed E-state index contributed by atoms with van der Waals surface area (Å²) in [6.07, 6.45) is 0. The molecular formula is C28H28FN5O4. The van der Waals surface area contributed by atoms with E-state index in [-0.39, 0.29) is 25.4 Å². The van der Waals surface area contributed by atoms with Gasteiger partial charge in [-0.1, -0.05) is 41.6 Å². The molecule has 0 aliphatic carbocycles. The quantitative estimate of drug-likeness (QED) is 0.398. The van der Waals surface area contributed by atoms with E-state index in [0.29, 0.717) is 28.1 Å². The van der Waals surface area contributed by atoms with E-state index in [1.165, 1.54) is 21.7 Å². The Labute approximate surface area is 219 Å². The zero-order valence-corrected chi connectivity index (χ0v) is 21.3. The highest BCUT2D eigenvalue weighted by atomic mass is 19.1. The molecule has 1 aliphatic rings. The molecule has 9 nitrogen and oxygen atoms in total. The van der Waals surface area contributed by atoms with Gasteiger partial charge in [0.1, 0.15) is 23.9 Å². The zero-order valence-electron chi connectivity index (χ0n) is 21.3. The van der Waals surface area contributed by atoms with Gasteiger partial charge in [-0.25, -0.2) is 9.07 Å². The van der Waals surface area contributed by atoms with E-state index < -0.39 is 29.2 Å². The van der Waals surface area contributed by atoms with Crippen LogP contribution < -0.4 is 14.8 Å². The van der Waals surface area contributed by atoms with Crippen molar-refractivity contribution in [2.24, 2.45) is 0 Å². The number of aromatic nitrogens is 3. The highest BCUT2D eigenvalue weighted by Crippen LogP contribution is 2.34. The molecule has 1 atom stereocenters. The first-order valence-electron chi connectivity index (χ1n) is 12.2. The minimum Gasteiger partial charge on any atom is -0.454 e. The Bertz CT molecular complexity index is 1500. The lowest BCUT2D eigenvalue weighted by Crippen LogP contribution is -2.49. The lowest BCUT2D eigenvalue weighted by atomic mass is 10.00. The number of rotatable bonds is 7. The topological polar surface area (TPSA) is 98.6 Å². The van der Waals surface area contributed by atoms with Gasteiger partial charge in [-0.2, -0.15) is 0 Å². The summed E-state index contributed by atoms with van der Waals surface area (Å²) in [5.41, 5.74) is 1.47. The van der Waals surface area contributed by atoms with E-state index in [0.717, 1.165) is 0 Å². The fourth-order valence-electron chi connectivity index (χ4n) is 4.40. The first kappa shape index (κ1) is 25.2. The van der Waals surface area contributed by atoms with Crippen LogP contribution in [-0.2, 0) is 22.7 Å². The van der Waals surface area contributed by atoms with Crippen molar-refractivity contribution in [1.29, 1.82) is 0 Å². The minimum atomic E-state index is -1.25. The van der Waals surface area contributed by atoms with Crippen LogP contribution in [0.25, 0.3) is 11.0 Å². The third kappa shape index (κ3) is 5.29. The van der Waals surface area contributed by atoms with Crippen LogP contribution in [0.5, 0.6) is 11.5 Å². The van der Waals surface area contributed by atoms with Crippen molar-refractivity contribution in [3.63, 3.8) is 0 Å². The molecule has 0 radical (unpaired) electrons. The second-order valence-corrected chi connectivity index (χ2v) is 10.1. The van der Waals surface area contributed by atoms with Crippen LogP contribution >= 0.6 is 0 Å². The number of amides is 2. The molecular weight excluding hydrogens is 489 g/mol. The number of nitrogens with zero attached hydrogens (tertiary/aromatic N) is 4. The van der Waals surface area contributed by atoms with Crippen molar-refractivity contribution in [3.8, 4) is 11.5 Å². The lowest BCUT2D eigenvalue weighted by Gasteiger charge is -2.34. The summed E-state index contributed by atoms with van der Waals surface area (Å²) in [7, 11) is 0. The second-order valence-electron chi connectivity index (χ2n) is 10.1. The third-order valence-corrected chi connectivity index (χ3v) is 6.07. The number of nitrogens with one attached hydrogen (secondary N) is 1. The van der Waals surface area contributed by atoms with Crippen molar-refractivity contribution in [2.75, 3.05) is 6.79 Å². The van der Waals surface area contributed by atoms with Crippen LogP contribution in [0.1, 0.15) is 37.9 Å². The summed E-state index contributed by atoms with van der Waals surface area (Å²) in [5.74, 6) is -0.386. The van der Waals surface area contributed by atoms with Gasteiger partial charge in [0.25, 0.3) is 0 Å². The SMILES string of the molecule is CC(C)(C)NC(=O)[C@H](c1ccccc1F)N(Cc1ccc2c(c1)OCO2)C(=O)Cn1nnc2ccccc21. The minimum absolute atomic E-state index is 0.0126. The molecule has 1 N–H and O–H groups in total. The van der Waals surface area contributed by atoms with E-state index in [2.05, 4.69) is 15.6 Å². The predicted octanol–water partition coefficient (Wildman–Crippen LogP) is 3.98. The van der Waals surface area contributed by atoms with Crippen molar-refractivity contribution < 1.29 is 23.5 Å². The Kier molecular flexibility index (Phi) is 6.71. The molecule has 2 amide bonds. The van der Waals surface area contributed by atoms with E-state index in [9.17, 15) is 9.59 Å². The average Bonchev–Trinajstić information content (AvgIpc) is 3.50. The van der Waals surface area contributed by atoms with Crippen LogP contribution in [0, 0.1) is 5.82 Å². The zero-order chi connectivity index (χ0) is 26.9. The summed E-state index contributed by atoms with van der Waals surface area (Å²) >= 11 is 0. The molecule has 0 saturated carbocycles. The Morgan fingerprint density at radius 2 is 1.79 bits per heavy atom. The summed E-state index contributed by atoms with van der Waals surface area (Å²) in [4.78, 5) is 29.0. The number of hydrogen-bond acceptors (Lipinski definition) is 6. The molecule has 0 fully saturated rings. The molecule has 0 unspecified atom stereocenters. The van der Waals surface area contributed by atoms with Gasteiger partial charge in [0, 0.05) is 17.6 Å².